The molecule has 0 unspecified atom stereocenters. The number of carboxylic acids is 1. The van der Waals surface area contributed by atoms with Gasteiger partial charge in [-0.15, -0.1) is 22.7 Å². The Bertz CT molecular complexity index is 3500. The van der Waals surface area contributed by atoms with Gasteiger partial charge in [0.25, 0.3) is 5.91 Å². The van der Waals surface area contributed by atoms with Gasteiger partial charge in [-0.2, -0.15) is 0 Å². The molecule has 6 heterocycles. The number of carbonyl (C=O) groups is 4. The van der Waals surface area contributed by atoms with E-state index < -0.39 is 5.97 Å². The van der Waals surface area contributed by atoms with Gasteiger partial charge in [-0.1, -0.05) is 24.3 Å². The van der Waals surface area contributed by atoms with Crippen LogP contribution in [0.4, 0.5) is 11.6 Å². The third-order valence-corrected chi connectivity index (χ3v) is 16.3. The number of aryl methyl sites for hydroxylation is 4. The Hall–Kier alpha value is -7.66. The second-order valence-electron chi connectivity index (χ2n) is 21.1. The van der Waals surface area contributed by atoms with Gasteiger partial charge in [-0.3, -0.25) is 14.4 Å². The Kier molecular flexibility index (Phi) is 18.8. The van der Waals surface area contributed by atoms with Gasteiger partial charge in [-0.25, -0.2) is 14.8 Å². The van der Waals surface area contributed by atoms with E-state index in [9.17, 15) is 19.2 Å². The number of amides is 1. The maximum Gasteiger partial charge on any atom is 0.335 e. The Morgan fingerprint density at radius 3 is 1.52 bits per heavy atom. The SMILES string of the molecule is CC1(C)COCCN1.Cc1cc(-c2ccc(C(=O)N3CCOCC3(C)C)cc2)cc2cc(CCC(=O)/C=C/c3ccc(N)nc3)sc12.Cc1cc(-c2ccc(C(=O)O)cc2)cc2cc(CCC(=O)/C=C/c3ccc(N)nc3)sc12. The number of hydrogen-bond donors (Lipinski definition) is 4. The fourth-order valence-corrected chi connectivity index (χ4v) is 11.5. The van der Waals surface area contributed by atoms with Crippen LogP contribution in [0.1, 0.15) is 93.3 Å². The van der Waals surface area contributed by atoms with Crippen LogP contribution in [-0.4, -0.2) is 94.0 Å². The van der Waals surface area contributed by atoms with Crippen molar-refractivity contribution in [3.05, 3.63) is 177 Å². The molecule has 8 aromatic rings. The number of allylic oxidation sites excluding steroid dienone is 2. The molecule has 2 aliphatic heterocycles. The van der Waals surface area contributed by atoms with Gasteiger partial charge in [0.15, 0.2) is 11.6 Å². The minimum atomic E-state index is -0.930. The number of nitrogens with two attached hydrogens (primary N) is 2. The molecular weight excluding hydrogens is 1030 g/mol. The summed E-state index contributed by atoms with van der Waals surface area (Å²) in [5, 5.41) is 14.7. The minimum Gasteiger partial charge on any atom is -0.478 e. The number of thiophene rings is 2. The first-order chi connectivity index (χ1) is 37.8. The number of carbonyl (C=O) groups excluding carboxylic acids is 3. The molecule has 0 spiro atoms. The number of benzene rings is 4. The number of fused-ring (bicyclic) bond motifs is 2. The molecule has 0 saturated carbocycles. The molecule has 15 heteroatoms. The molecule has 0 radical (unpaired) electrons. The maximum atomic E-state index is 13.2. The smallest absolute Gasteiger partial charge is 0.335 e. The van der Waals surface area contributed by atoms with Crippen LogP contribution in [-0.2, 0) is 31.9 Å². The second-order valence-corrected chi connectivity index (χ2v) is 23.4. The molecule has 408 valence electrons. The number of nitrogens with zero attached hydrogens (tertiary/aromatic N) is 3. The molecule has 13 nitrogen and oxygen atoms in total. The number of anilines is 2. The lowest BCUT2D eigenvalue weighted by Gasteiger charge is -2.42. The van der Waals surface area contributed by atoms with E-state index in [0.717, 1.165) is 69.0 Å². The number of nitrogen functional groups attached to an aromatic ring is 2. The Morgan fingerprint density at radius 1 is 0.633 bits per heavy atom. The standard InChI is InChI=1S/C32H33N3O3S.C26H22N2O3S.C6H13NO/c1-21-16-25(23-6-8-24(9-7-23)31(37)35-14-15-38-20-32(35,2)3)17-26-18-28(39-30(21)26)12-11-27(36)10-4-22-5-13-29(33)34-19-22;1-16-12-20(18-4-6-19(7-5-18)26(30)31)13-21-14-23(32-25(16)21)10-9-22(29)8-2-17-3-11-24(27)28-15-17;1-6(2)5-8-4-3-7-6/h4-10,13,16-19H,11-12,14-15,20H2,1-3H3,(H2,33,34);2-8,11-15H,9-10H2,1H3,(H2,27,28)(H,30,31);7H,3-5H2,1-2H3/b10-4+;8-2+;. The van der Waals surface area contributed by atoms with Crippen LogP contribution < -0.4 is 16.8 Å². The van der Waals surface area contributed by atoms with E-state index in [-0.39, 0.29) is 34.1 Å². The van der Waals surface area contributed by atoms with Crippen molar-refractivity contribution < 1.29 is 33.8 Å². The van der Waals surface area contributed by atoms with Gasteiger partial charge in [0.2, 0.25) is 0 Å². The van der Waals surface area contributed by atoms with Crippen LogP contribution in [0, 0.1) is 13.8 Å². The first-order valence-corrected chi connectivity index (χ1v) is 28.0. The van der Waals surface area contributed by atoms with Gasteiger partial charge >= 0.3 is 5.97 Å². The van der Waals surface area contributed by atoms with E-state index in [1.165, 1.54) is 25.2 Å². The number of nitrogens with one attached hydrogen (secondary N) is 1. The van der Waals surface area contributed by atoms with E-state index in [2.05, 4.69) is 79.4 Å². The van der Waals surface area contributed by atoms with Crippen molar-refractivity contribution >= 4 is 90.1 Å². The lowest BCUT2D eigenvalue weighted by molar-refractivity contribution is -0.115. The highest BCUT2D eigenvalue weighted by atomic mass is 32.1. The molecule has 0 aliphatic carbocycles. The largest absolute Gasteiger partial charge is 0.478 e. The van der Waals surface area contributed by atoms with Crippen LogP contribution in [0.5, 0.6) is 0 Å². The van der Waals surface area contributed by atoms with Crippen LogP contribution >= 0.6 is 22.7 Å². The summed E-state index contributed by atoms with van der Waals surface area (Å²) in [7, 11) is 0. The highest BCUT2D eigenvalue weighted by Crippen LogP contribution is 2.36. The number of rotatable bonds is 14. The van der Waals surface area contributed by atoms with Crippen LogP contribution in [0.25, 0.3) is 54.6 Å². The van der Waals surface area contributed by atoms with Crippen molar-refractivity contribution in [2.45, 2.75) is 78.3 Å². The average molecular weight is 1100 g/mol. The van der Waals surface area contributed by atoms with Gasteiger partial charge < -0.3 is 36.3 Å². The van der Waals surface area contributed by atoms with Crippen molar-refractivity contribution in [2.75, 3.05) is 51.0 Å². The fraction of sp³-hybridized carbons (Fsp3) is 0.281. The Morgan fingerprint density at radius 2 is 1.11 bits per heavy atom. The number of aromatic carboxylic acids is 1. The summed E-state index contributed by atoms with van der Waals surface area (Å²) >= 11 is 3.46. The van der Waals surface area contributed by atoms with E-state index >= 15 is 0 Å². The van der Waals surface area contributed by atoms with Crippen molar-refractivity contribution in [3.8, 4) is 22.3 Å². The normalized spacial score (nSPS) is 14.9. The zero-order valence-electron chi connectivity index (χ0n) is 45.6. The average Bonchev–Trinajstić information content (AvgIpc) is 4.15. The Balaban J connectivity index is 0.000000185. The topological polar surface area (TPSA) is 200 Å². The summed E-state index contributed by atoms with van der Waals surface area (Å²) in [4.78, 5) is 61.3. The number of hydrogen-bond acceptors (Lipinski definition) is 13. The first-order valence-electron chi connectivity index (χ1n) is 26.4. The molecule has 79 heavy (non-hydrogen) atoms. The summed E-state index contributed by atoms with van der Waals surface area (Å²) in [6, 6.07) is 34.8. The molecule has 4 aromatic carbocycles. The van der Waals surface area contributed by atoms with Crippen molar-refractivity contribution in [1.29, 1.82) is 0 Å². The summed E-state index contributed by atoms with van der Waals surface area (Å²) in [5.41, 5.74) is 20.3. The quantitative estimate of drug-likeness (QED) is 0.0752. The monoisotopic (exact) mass is 1100 g/mol. The lowest BCUT2D eigenvalue weighted by Crippen LogP contribution is -2.55. The lowest BCUT2D eigenvalue weighted by atomic mass is 9.98. The van der Waals surface area contributed by atoms with Crippen molar-refractivity contribution in [2.24, 2.45) is 0 Å². The van der Waals surface area contributed by atoms with Gasteiger partial charge in [0, 0.05) is 68.6 Å². The molecule has 2 fully saturated rings. The van der Waals surface area contributed by atoms with Crippen LogP contribution in [0.2, 0.25) is 0 Å². The molecule has 0 bridgehead atoms. The minimum absolute atomic E-state index is 0.0403. The highest BCUT2D eigenvalue weighted by Gasteiger charge is 2.34. The first kappa shape index (κ1) is 57.5. The van der Waals surface area contributed by atoms with Gasteiger partial charge in [0.1, 0.15) is 11.6 Å². The van der Waals surface area contributed by atoms with Gasteiger partial charge in [0.05, 0.1) is 37.5 Å². The number of ketones is 2. The van der Waals surface area contributed by atoms with E-state index in [4.69, 9.17) is 26.0 Å². The maximum absolute atomic E-state index is 13.2. The van der Waals surface area contributed by atoms with Crippen LogP contribution in [0.3, 0.4) is 0 Å². The molecule has 0 atom stereocenters. The fourth-order valence-electron chi connectivity index (χ4n) is 9.25. The highest BCUT2D eigenvalue weighted by molar-refractivity contribution is 7.19. The second kappa shape index (κ2) is 25.9. The number of morpholine rings is 2. The molecule has 6 N–H and O–H groups in total. The van der Waals surface area contributed by atoms with E-state index in [0.29, 0.717) is 62.6 Å². The number of aromatic nitrogens is 2. The molecule has 10 rings (SSSR count). The number of pyridine rings is 2. The van der Waals surface area contributed by atoms with E-state index in [1.807, 2.05) is 67.3 Å². The molecule has 2 saturated heterocycles. The third-order valence-electron chi connectivity index (χ3n) is 13.6. The molecule has 2 aliphatic rings. The van der Waals surface area contributed by atoms with Crippen molar-refractivity contribution in [1.82, 2.24) is 20.2 Å². The van der Waals surface area contributed by atoms with Crippen molar-refractivity contribution in [3.63, 3.8) is 0 Å². The Labute approximate surface area is 470 Å². The molecule has 1 amide bonds. The summed E-state index contributed by atoms with van der Waals surface area (Å²) in [6.45, 7) is 17.0. The predicted octanol–water partition coefficient (Wildman–Crippen LogP) is 12.5. The molecular formula is C64H68N6O7S2. The van der Waals surface area contributed by atoms with Crippen LogP contribution in [0.15, 0.2) is 134 Å². The zero-order chi connectivity index (χ0) is 56.3. The number of ether oxygens (including phenoxy) is 2. The van der Waals surface area contributed by atoms with Gasteiger partial charge in [-0.05, 0) is 219 Å². The molecule has 4 aromatic heterocycles. The predicted molar refractivity (Wildman–Crippen MR) is 322 cm³/mol. The summed E-state index contributed by atoms with van der Waals surface area (Å²) in [6.07, 6.45) is 12.3. The number of carboxylic acid groups (broad SMARTS) is 1. The summed E-state index contributed by atoms with van der Waals surface area (Å²) < 4.78 is 13.2. The third kappa shape index (κ3) is 15.8. The zero-order valence-corrected chi connectivity index (χ0v) is 47.3. The van der Waals surface area contributed by atoms with E-state index in [1.54, 1.807) is 83.6 Å². The summed E-state index contributed by atoms with van der Waals surface area (Å²) in [5.74, 6) is 0.168.